The molecule has 5 rings (SSSR count). The number of hydrogen-bond acceptors (Lipinski definition) is 9. The number of ether oxygens (including phenoxy) is 3. The first-order chi connectivity index (χ1) is 16.6. The Kier molecular flexibility index (Phi) is 6.91. The summed E-state index contributed by atoms with van der Waals surface area (Å²) in [6.45, 7) is 0.700. The number of nitrogen functional groups attached to an aromatic ring is 1. The van der Waals surface area contributed by atoms with Crippen LogP contribution in [0.1, 0.15) is 43.9 Å². The Morgan fingerprint density at radius 3 is 2.68 bits per heavy atom. The van der Waals surface area contributed by atoms with Crippen LogP contribution in [0.2, 0.25) is 0 Å². The molecule has 10 heteroatoms. The molecule has 2 aromatic heterocycles. The fourth-order valence-electron chi connectivity index (χ4n) is 4.63. The number of anilines is 1. The molecule has 4 N–H and O–H groups in total. The first-order valence-corrected chi connectivity index (χ1v) is 11.9. The lowest BCUT2D eigenvalue weighted by Crippen LogP contribution is -2.34. The van der Waals surface area contributed by atoms with Crippen LogP contribution in [0, 0.1) is 0 Å². The van der Waals surface area contributed by atoms with Crippen molar-refractivity contribution in [3.05, 3.63) is 42.2 Å². The van der Waals surface area contributed by atoms with Crippen LogP contribution in [0.25, 0.3) is 11.2 Å². The SMILES string of the molecule is Nc1nc(OC2CCCC2)nc2c1ncn2[C@@H]1O[C@H](COCCCc2ccccc2)[C@@H](O)[C@H]1O. The zero-order valence-electron chi connectivity index (χ0n) is 19.0. The quantitative estimate of drug-likeness (QED) is 0.402. The fourth-order valence-corrected chi connectivity index (χ4v) is 4.63. The zero-order valence-corrected chi connectivity index (χ0v) is 19.0. The van der Waals surface area contributed by atoms with Gasteiger partial charge < -0.3 is 30.2 Å². The monoisotopic (exact) mass is 469 g/mol. The third-order valence-electron chi connectivity index (χ3n) is 6.49. The molecule has 0 amide bonds. The number of benzene rings is 1. The van der Waals surface area contributed by atoms with Gasteiger partial charge in [-0.05, 0) is 44.1 Å². The smallest absolute Gasteiger partial charge is 0.320 e. The summed E-state index contributed by atoms with van der Waals surface area (Å²) in [4.78, 5) is 13.0. The van der Waals surface area contributed by atoms with Crippen LogP contribution in [0.15, 0.2) is 36.7 Å². The molecule has 0 bridgehead atoms. The highest BCUT2D eigenvalue weighted by Crippen LogP contribution is 2.33. The second-order valence-corrected chi connectivity index (χ2v) is 8.95. The molecule has 0 radical (unpaired) electrons. The molecule has 10 nitrogen and oxygen atoms in total. The van der Waals surface area contributed by atoms with E-state index in [4.69, 9.17) is 19.9 Å². The Morgan fingerprint density at radius 2 is 1.88 bits per heavy atom. The van der Waals surface area contributed by atoms with Crippen LogP contribution in [0.4, 0.5) is 5.82 Å². The lowest BCUT2D eigenvalue weighted by molar-refractivity contribution is -0.0655. The van der Waals surface area contributed by atoms with Gasteiger partial charge in [-0.1, -0.05) is 30.3 Å². The molecule has 3 heterocycles. The highest BCUT2D eigenvalue weighted by atomic mass is 16.6. The molecule has 1 saturated carbocycles. The lowest BCUT2D eigenvalue weighted by atomic mass is 10.1. The molecular weight excluding hydrogens is 438 g/mol. The number of nitrogens with zero attached hydrogens (tertiary/aromatic N) is 4. The summed E-state index contributed by atoms with van der Waals surface area (Å²) in [6, 6.07) is 10.4. The molecule has 1 saturated heterocycles. The maximum absolute atomic E-state index is 10.7. The van der Waals surface area contributed by atoms with E-state index in [-0.39, 0.29) is 24.5 Å². The van der Waals surface area contributed by atoms with Gasteiger partial charge in [0.15, 0.2) is 23.2 Å². The van der Waals surface area contributed by atoms with E-state index in [9.17, 15) is 10.2 Å². The van der Waals surface area contributed by atoms with Crippen molar-refractivity contribution in [2.24, 2.45) is 0 Å². The van der Waals surface area contributed by atoms with E-state index in [0.29, 0.717) is 17.8 Å². The van der Waals surface area contributed by atoms with Crippen LogP contribution in [0.5, 0.6) is 6.01 Å². The minimum Gasteiger partial charge on any atom is -0.460 e. The van der Waals surface area contributed by atoms with E-state index in [1.807, 2.05) is 18.2 Å². The van der Waals surface area contributed by atoms with Crippen LogP contribution in [-0.2, 0) is 15.9 Å². The highest BCUT2D eigenvalue weighted by molar-refractivity contribution is 5.82. The molecular formula is C24H31N5O5. The van der Waals surface area contributed by atoms with Crippen LogP contribution in [0.3, 0.4) is 0 Å². The predicted molar refractivity (Wildman–Crippen MR) is 124 cm³/mol. The van der Waals surface area contributed by atoms with Gasteiger partial charge in [0.2, 0.25) is 0 Å². The number of aliphatic hydroxyl groups is 2. The van der Waals surface area contributed by atoms with Crippen LogP contribution in [-0.4, -0.2) is 67.4 Å². The molecule has 1 aliphatic heterocycles. The summed E-state index contributed by atoms with van der Waals surface area (Å²) in [7, 11) is 0. The topological polar surface area (TPSA) is 138 Å². The normalized spacial score (nSPS) is 25.4. The largest absolute Gasteiger partial charge is 0.460 e. The Bertz CT molecular complexity index is 1090. The summed E-state index contributed by atoms with van der Waals surface area (Å²) in [6.07, 6.45) is 3.65. The number of fused-ring (bicyclic) bond motifs is 1. The van der Waals surface area contributed by atoms with E-state index in [1.54, 1.807) is 4.57 Å². The van der Waals surface area contributed by atoms with Crippen molar-refractivity contribution in [1.29, 1.82) is 0 Å². The van der Waals surface area contributed by atoms with Gasteiger partial charge in [-0.15, -0.1) is 0 Å². The average Bonchev–Trinajstić information content (AvgIpc) is 3.56. The summed E-state index contributed by atoms with van der Waals surface area (Å²) in [5.41, 5.74) is 8.13. The number of aromatic nitrogens is 4. The van der Waals surface area contributed by atoms with Gasteiger partial charge in [-0.25, -0.2) is 4.98 Å². The van der Waals surface area contributed by atoms with Crippen molar-refractivity contribution in [3.8, 4) is 6.01 Å². The van der Waals surface area contributed by atoms with Gasteiger partial charge >= 0.3 is 6.01 Å². The van der Waals surface area contributed by atoms with E-state index >= 15 is 0 Å². The summed E-state index contributed by atoms with van der Waals surface area (Å²) >= 11 is 0. The van der Waals surface area contributed by atoms with Crippen molar-refractivity contribution < 1.29 is 24.4 Å². The summed E-state index contributed by atoms with van der Waals surface area (Å²) in [5.74, 6) is 0.197. The molecule has 1 aliphatic carbocycles. The Morgan fingerprint density at radius 1 is 1.09 bits per heavy atom. The van der Waals surface area contributed by atoms with E-state index in [0.717, 1.165) is 38.5 Å². The standard InChI is InChI=1S/C24H31N5O5/c25-21-18-22(28-24(27-21)33-16-10-4-5-11-16)29(14-26-18)23-20(31)19(30)17(34-23)13-32-12-6-9-15-7-2-1-3-8-15/h1-3,7-8,14,16-17,19-20,23,30-31H,4-6,9-13H2,(H2,25,27,28)/t17-,19-,20-,23-/m1/s1. The molecule has 0 unspecified atom stereocenters. The maximum atomic E-state index is 10.7. The van der Waals surface area contributed by atoms with Crippen molar-refractivity contribution in [1.82, 2.24) is 19.5 Å². The molecule has 182 valence electrons. The van der Waals surface area contributed by atoms with E-state index in [1.165, 1.54) is 11.9 Å². The first kappa shape index (κ1) is 23.0. The maximum Gasteiger partial charge on any atom is 0.320 e. The highest BCUT2D eigenvalue weighted by Gasteiger charge is 2.44. The third kappa shape index (κ3) is 4.85. The van der Waals surface area contributed by atoms with Crippen molar-refractivity contribution in [2.45, 2.75) is 69.2 Å². The van der Waals surface area contributed by atoms with Gasteiger partial charge in [0.25, 0.3) is 0 Å². The van der Waals surface area contributed by atoms with Crippen molar-refractivity contribution >= 4 is 17.0 Å². The third-order valence-corrected chi connectivity index (χ3v) is 6.49. The number of aryl methyl sites for hydroxylation is 1. The number of imidazole rings is 1. The number of nitrogens with two attached hydrogens (primary N) is 1. The first-order valence-electron chi connectivity index (χ1n) is 11.9. The molecule has 2 fully saturated rings. The van der Waals surface area contributed by atoms with Gasteiger partial charge in [0.1, 0.15) is 24.4 Å². The molecule has 2 aliphatic rings. The summed E-state index contributed by atoms with van der Waals surface area (Å²) < 4.78 is 19.2. The van der Waals surface area contributed by atoms with Gasteiger partial charge in [-0.2, -0.15) is 9.97 Å². The van der Waals surface area contributed by atoms with E-state index < -0.39 is 24.5 Å². The molecule has 0 spiro atoms. The number of hydrogen-bond donors (Lipinski definition) is 3. The second-order valence-electron chi connectivity index (χ2n) is 8.95. The Hall–Kier alpha value is -2.79. The zero-order chi connectivity index (χ0) is 23.5. The summed E-state index contributed by atoms with van der Waals surface area (Å²) in [5, 5.41) is 21.3. The molecule has 1 aromatic carbocycles. The number of aliphatic hydroxyl groups excluding tert-OH is 2. The average molecular weight is 470 g/mol. The predicted octanol–water partition coefficient (Wildman–Crippen LogP) is 2.00. The minimum absolute atomic E-state index is 0.0757. The second kappa shape index (κ2) is 10.2. The van der Waals surface area contributed by atoms with Gasteiger partial charge in [0, 0.05) is 6.61 Å². The number of rotatable bonds is 9. The van der Waals surface area contributed by atoms with Gasteiger partial charge in [0.05, 0.1) is 12.9 Å². The van der Waals surface area contributed by atoms with Crippen LogP contribution < -0.4 is 10.5 Å². The Labute approximate surface area is 197 Å². The Balaban J connectivity index is 1.22. The molecule has 34 heavy (non-hydrogen) atoms. The van der Waals surface area contributed by atoms with Crippen molar-refractivity contribution in [2.75, 3.05) is 18.9 Å². The lowest BCUT2D eigenvalue weighted by Gasteiger charge is -2.17. The van der Waals surface area contributed by atoms with E-state index in [2.05, 4.69) is 27.1 Å². The fraction of sp³-hybridized carbons (Fsp3) is 0.542. The minimum atomic E-state index is -1.18. The molecule has 4 atom stereocenters. The van der Waals surface area contributed by atoms with Crippen LogP contribution >= 0.6 is 0 Å². The van der Waals surface area contributed by atoms with Crippen molar-refractivity contribution in [3.63, 3.8) is 0 Å². The van der Waals surface area contributed by atoms with Gasteiger partial charge in [-0.3, -0.25) is 4.57 Å². The molecule has 3 aromatic rings.